The number of carbonyl (C=O) groups is 2. The fraction of sp³-hybridized carbons (Fsp3) is 0.467. The normalized spacial score (nSPS) is 14.2. The second-order valence-corrected chi connectivity index (χ2v) is 5.62. The van der Waals surface area contributed by atoms with Gasteiger partial charge in [-0.1, -0.05) is 15.9 Å². The number of benzene rings is 1. The first-order valence-electron chi connectivity index (χ1n) is 6.82. The Balaban J connectivity index is 2.38. The van der Waals surface area contributed by atoms with E-state index >= 15 is 0 Å². The molecule has 6 heteroatoms. The van der Waals surface area contributed by atoms with Crippen LogP contribution in [0.5, 0.6) is 11.5 Å². The van der Waals surface area contributed by atoms with E-state index in [2.05, 4.69) is 15.9 Å². The van der Waals surface area contributed by atoms with E-state index < -0.39 is 11.8 Å². The molecule has 0 bridgehead atoms. The first-order chi connectivity index (χ1) is 10.1. The lowest BCUT2D eigenvalue weighted by atomic mass is 9.96. The highest BCUT2D eigenvalue weighted by atomic mass is 79.9. The van der Waals surface area contributed by atoms with Crippen LogP contribution in [0.3, 0.4) is 0 Å². The van der Waals surface area contributed by atoms with Crippen LogP contribution >= 0.6 is 15.9 Å². The molecule has 1 aromatic carbocycles. The third-order valence-electron chi connectivity index (χ3n) is 3.28. The number of esters is 1. The molecule has 5 nitrogen and oxygen atoms in total. The van der Waals surface area contributed by atoms with Gasteiger partial charge < -0.3 is 14.2 Å². The average molecular weight is 357 g/mol. The van der Waals surface area contributed by atoms with E-state index in [1.165, 1.54) is 7.11 Å². The van der Waals surface area contributed by atoms with Gasteiger partial charge in [-0.25, -0.2) is 4.79 Å². The Morgan fingerprint density at radius 3 is 2.57 bits per heavy atom. The van der Waals surface area contributed by atoms with Crippen molar-refractivity contribution in [3.05, 3.63) is 22.2 Å². The standard InChI is InChI=1S/C15H17BrO5/c1-3-20-15(18)13(17)11-7-9(16)8-12(19-2)14(11)21-10-5-4-6-10/h7-8,10H,3-6H2,1-2H3. The molecular weight excluding hydrogens is 340 g/mol. The van der Waals surface area contributed by atoms with Gasteiger partial charge in [-0.15, -0.1) is 0 Å². The van der Waals surface area contributed by atoms with Gasteiger partial charge in [-0.2, -0.15) is 0 Å². The number of ether oxygens (including phenoxy) is 3. The SMILES string of the molecule is CCOC(=O)C(=O)c1cc(Br)cc(OC)c1OC1CCC1. The molecule has 0 saturated heterocycles. The largest absolute Gasteiger partial charge is 0.493 e. The van der Waals surface area contributed by atoms with Gasteiger partial charge in [0.15, 0.2) is 11.5 Å². The highest BCUT2D eigenvalue weighted by Crippen LogP contribution is 2.38. The van der Waals surface area contributed by atoms with E-state index in [1.807, 2.05) is 0 Å². The minimum absolute atomic E-state index is 0.0637. The van der Waals surface area contributed by atoms with Crippen LogP contribution in [0.25, 0.3) is 0 Å². The maximum absolute atomic E-state index is 12.2. The molecule has 0 aliphatic heterocycles. The molecule has 0 radical (unpaired) electrons. The van der Waals surface area contributed by atoms with Crippen LogP contribution in [0.4, 0.5) is 0 Å². The van der Waals surface area contributed by atoms with Gasteiger partial charge >= 0.3 is 5.97 Å². The summed E-state index contributed by atoms with van der Waals surface area (Å²) in [5.41, 5.74) is 0.159. The number of Topliss-reactive ketones (excluding diaryl/α,β-unsaturated/α-hetero) is 1. The summed E-state index contributed by atoms with van der Waals surface area (Å²) in [6.07, 6.45) is 3.04. The van der Waals surface area contributed by atoms with Gasteiger partial charge in [0.2, 0.25) is 0 Å². The molecule has 1 saturated carbocycles. The Kier molecular flexibility index (Phi) is 5.22. The second-order valence-electron chi connectivity index (χ2n) is 4.71. The first kappa shape index (κ1) is 15.8. The number of methoxy groups -OCH3 is 1. The monoisotopic (exact) mass is 356 g/mol. The van der Waals surface area contributed by atoms with Crippen molar-refractivity contribution in [2.24, 2.45) is 0 Å². The van der Waals surface area contributed by atoms with Crippen molar-refractivity contribution in [3.63, 3.8) is 0 Å². The van der Waals surface area contributed by atoms with Crippen LogP contribution in [0.1, 0.15) is 36.5 Å². The average Bonchev–Trinajstić information content (AvgIpc) is 2.42. The smallest absolute Gasteiger partial charge is 0.379 e. The molecule has 21 heavy (non-hydrogen) atoms. The molecule has 1 aromatic rings. The fourth-order valence-electron chi connectivity index (χ4n) is 1.97. The van der Waals surface area contributed by atoms with Gasteiger partial charge in [0, 0.05) is 4.47 Å². The van der Waals surface area contributed by atoms with Crippen LogP contribution in [-0.4, -0.2) is 31.6 Å². The Labute approximate surface area is 131 Å². The number of halogens is 1. The molecule has 0 N–H and O–H groups in total. The lowest BCUT2D eigenvalue weighted by Crippen LogP contribution is -2.27. The molecule has 0 heterocycles. The third kappa shape index (κ3) is 3.56. The van der Waals surface area contributed by atoms with Crippen molar-refractivity contribution in [3.8, 4) is 11.5 Å². The van der Waals surface area contributed by atoms with Crippen LogP contribution in [0.2, 0.25) is 0 Å². The lowest BCUT2D eigenvalue weighted by molar-refractivity contribution is -0.137. The summed E-state index contributed by atoms with van der Waals surface area (Å²) < 4.78 is 16.5. The van der Waals surface area contributed by atoms with E-state index in [0.29, 0.717) is 16.0 Å². The van der Waals surface area contributed by atoms with Gasteiger partial charge in [0.25, 0.3) is 5.78 Å². The molecule has 0 amide bonds. The van der Waals surface area contributed by atoms with E-state index in [9.17, 15) is 9.59 Å². The molecule has 1 aliphatic rings. The van der Waals surface area contributed by atoms with Crippen LogP contribution in [-0.2, 0) is 9.53 Å². The minimum atomic E-state index is -0.892. The predicted molar refractivity (Wildman–Crippen MR) is 79.9 cm³/mol. The van der Waals surface area contributed by atoms with Gasteiger partial charge in [0.05, 0.1) is 25.4 Å². The molecular formula is C15H17BrO5. The predicted octanol–water partition coefficient (Wildman–Crippen LogP) is 3.13. The zero-order valence-corrected chi connectivity index (χ0v) is 13.6. The van der Waals surface area contributed by atoms with Gasteiger partial charge in [-0.3, -0.25) is 4.79 Å². The van der Waals surface area contributed by atoms with E-state index in [-0.39, 0.29) is 18.3 Å². The Morgan fingerprint density at radius 2 is 2.05 bits per heavy atom. The quantitative estimate of drug-likeness (QED) is 0.445. The molecule has 0 aromatic heterocycles. The fourth-order valence-corrected chi connectivity index (χ4v) is 2.41. The Morgan fingerprint density at radius 1 is 1.33 bits per heavy atom. The van der Waals surface area contributed by atoms with Crippen molar-refractivity contribution in [1.29, 1.82) is 0 Å². The molecule has 1 fully saturated rings. The third-order valence-corrected chi connectivity index (χ3v) is 3.74. The topological polar surface area (TPSA) is 61.8 Å². The van der Waals surface area contributed by atoms with Crippen molar-refractivity contribution < 1.29 is 23.8 Å². The van der Waals surface area contributed by atoms with Gasteiger partial charge in [-0.05, 0) is 38.3 Å². The molecule has 1 aliphatic carbocycles. The summed E-state index contributed by atoms with van der Waals surface area (Å²) in [5.74, 6) is -0.894. The van der Waals surface area contributed by atoms with Crippen molar-refractivity contribution in [1.82, 2.24) is 0 Å². The zero-order valence-electron chi connectivity index (χ0n) is 12.0. The highest BCUT2D eigenvalue weighted by molar-refractivity contribution is 9.10. The minimum Gasteiger partial charge on any atom is -0.493 e. The number of hydrogen-bond acceptors (Lipinski definition) is 5. The van der Waals surface area contributed by atoms with Crippen molar-refractivity contribution in [2.75, 3.05) is 13.7 Å². The van der Waals surface area contributed by atoms with E-state index in [1.54, 1.807) is 19.1 Å². The van der Waals surface area contributed by atoms with Crippen LogP contribution in [0.15, 0.2) is 16.6 Å². The summed E-state index contributed by atoms with van der Waals surface area (Å²) >= 11 is 3.30. The molecule has 0 atom stereocenters. The zero-order chi connectivity index (χ0) is 15.4. The number of ketones is 1. The molecule has 0 spiro atoms. The highest BCUT2D eigenvalue weighted by Gasteiger charge is 2.28. The van der Waals surface area contributed by atoms with Gasteiger partial charge in [0.1, 0.15) is 0 Å². The first-order valence-corrected chi connectivity index (χ1v) is 7.61. The van der Waals surface area contributed by atoms with E-state index in [0.717, 1.165) is 19.3 Å². The maximum Gasteiger partial charge on any atom is 0.379 e. The maximum atomic E-state index is 12.2. The second kappa shape index (κ2) is 6.93. The summed E-state index contributed by atoms with van der Waals surface area (Å²) in [6.45, 7) is 1.80. The Bertz CT molecular complexity index is 551. The van der Waals surface area contributed by atoms with Crippen LogP contribution < -0.4 is 9.47 Å². The van der Waals surface area contributed by atoms with Crippen LogP contribution in [0, 0.1) is 0 Å². The number of carbonyl (C=O) groups excluding carboxylic acids is 2. The van der Waals surface area contributed by atoms with Crippen molar-refractivity contribution >= 4 is 27.7 Å². The molecule has 114 valence electrons. The van der Waals surface area contributed by atoms with E-state index in [4.69, 9.17) is 14.2 Å². The number of hydrogen-bond donors (Lipinski definition) is 0. The summed E-state index contributed by atoms with van der Waals surface area (Å²) in [6, 6.07) is 3.26. The lowest BCUT2D eigenvalue weighted by Gasteiger charge is -2.28. The summed E-state index contributed by atoms with van der Waals surface area (Å²) in [5, 5.41) is 0. The summed E-state index contributed by atoms with van der Waals surface area (Å²) in [7, 11) is 1.49. The number of rotatable bonds is 6. The van der Waals surface area contributed by atoms with Crippen molar-refractivity contribution in [2.45, 2.75) is 32.3 Å². The molecule has 2 rings (SSSR count). The summed E-state index contributed by atoms with van der Waals surface area (Å²) in [4.78, 5) is 23.9. The molecule has 0 unspecified atom stereocenters. The Hall–Kier alpha value is -1.56.